The molecule has 1 saturated heterocycles. The first-order valence-corrected chi connectivity index (χ1v) is 9.27. The van der Waals surface area contributed by atoms with Crippen LogP contribution in [0.4, 0.5) is 5.69 Å². The van der Waals surface area contributed by atoms with Gasteiger partial charge in [-0.15, -0.1) is 0 Å². The van der Waals surface area contributed by atoms with Crippen molar-refractivity contribution < 1.29 is 23.1 Å². The van der Waals surface area contributed by atoms with E-state index in [-0.39, 0.29) is 17.2 Å². The molecule has 0 spiro atoms. The predicted octanol–water partition coefficient (Wildman–Crippen LogP) is 1.65. The molecule has 1 heterocycles. The first-order chi connectivity index (χ1) is 11.1. The Morgan fingerprint density at radius 2 is 2.08 bits per heavy atom. The van der Waals surface area contributed by atoms with Crippen LogP contribution < -0.4 is 9.62 Å². The summed E-state index contributed by atoms with van der Waals surface area (Å²) in [5, 5.41) is 9.29. The molecule has 1 aromatic carbocycles. The van der Waals surface area contributed by atoms with Gasteiger partial charge in [-0.3, -0.25) is 9.59 Å². The Hall–Kier alpha value is -1.93. The largest absolute Gasteiger partial charge is 0.480 e. The molecule has 0 aliphatic carbocycles. The molecule has 24 heavy (non-hydrogen) atoms. The van der Waals surface area contributed by atoms with E-state index in [4.69, 9.17) is 0 Å². The van der Waals surface area contributed by atoms with Gasteiger partial charge < -0.3 is 10.0 Å². The van der Waals surface area contributed by atoms with Crippen LogP contribution in [0.3, 0.4) is 0 Å². The van der Waals surface area contributed by atoms with E-state index < -0.39 is 21.5 Å². The number of rotatable bonds is 6. The van der Waals surface area contributed by atoms with Crippen LogP contribution in [0.15, 0.2) is 23.1 Å². The van der Waals surface area contributed by atoms with E-state index >= 15 is 0 Å². The van der Waals surface area contributed by atoms with Crippen LogP contribution in [0.25, 0.3) is 0 Å². The van der Waals surface area contributed by atoms with Gasteiger partial charge in [0, 0.05) is 18.7 Å². The first kappa shape index (κ1) is 18.4. The number of aryl methyl sites for hydroxylation is 1. The number of amides is 1. The van der Waals surface area contributed by atoms with Gasteiger partial charge in [0.05, 0.1) is 4.90 Å². The highest BCUT2D eigenvalue weighted by Crippen LogP contribution is 2.27. The summed E-state index contributed by atoms with van der Waals surface area (Å²) in [6.45, 7) is 5.11. The summed E-state index contributed by atoms with van der Waals surface area (Å²) in [7, 11) is -4.04. The average molecular weight is 354 g/mol. The highest BCUT2D eigenvalue weighted by atomic mass is 32.2. The van der Waals surface area contributed by atoms with Crippen LogP contribution in [0.2, 0.25) is 0 Å². The first-order valence-electron chi connectivity index (χ1n) is 7.79. The molecular formula is C16H22N2O5S. The van der Waals surface area contributed by atoms with Gasteiger partial charge in [0.1, 0.15) is 5.54 Å². The van der Waals surface area contributed by atoms with Crippen LogP contribution in [0, 0.1) is 6.92 Å². The Bertz CT molecular complexity index is 775. The van der Waals surface area contributed by atoms with Crippen molar-refractivity contribution in [1.82, 2.24) is 4.72 Å². The number of carboxylic acids is 1. The number of carboxylic acid groups (broad SMARTS) is 1. The van der Waals surface area contributed by atoms with E-state index in [0.717, 1.165) is 6.42 Å². The number of benzene rings is 1. The minimum atomic E-state index is -4.04. The highest BCUT2D eigenvalue weighted by molar-refractivity contribution is 7.89. The van der Waals surface area contributed by atoms with Gasteiger partial charge in [-0.25, -0.2) is 8.42 Å². The maximum Gasteiger partial charge on any atom is 0.324 e. The molecule has 0 unspecified atom stereocenters. The quantitative estimate of drug-likeness (QED) is 0.808. The smallest absolute Gasteiger partial charge is 0.324 e. The summed E-state index contributed by atoms with van der Waals surface area (Å²) >= 11 is 0. The number of anilines is 1. The maximum atomic E-state index is 12.7. The van der Waals surface area contributed by atoms with Gasteiger partial charge in [-0.1, -0.05) is 13.0 Å². The van der Waals surface area contributed by atoms with Gasteiger partial charge in [-0.2, -0.15) is 4.72 Å². The predicted molar refractivity (Wildman–Crippen MR) is 89.4 cm³/mol. The fraction of sp³-hybridized carbons (Fsp3) is 0.500. The highest BCUT2D eigenvalue weighted by Gasteiger charge is 2.37. The van der Waals surface area contributed by atoms with Gasteiger partial charge in [0.2, 0.25) is 15.9 Å². The zero-order chi connectivity index (χ0) is 18.1. The van der Waals surface area contributed by atoms with E-state index in [2.05, 4.69) is 4.72 Å². The normalized spacial score (nSPS) is 17.8. The van der Waals surface area contributed by atoms with E-state index in [1.165, 1.54) is 13.0 Å². The second kappa shape index (κ2) is 6.52. The molecule has 1 amide bonds. The molecule has 1 fully saturated rings. The fourth-order valence-corrected chi connectivity index (χ4v) is 4.29. The number of carbonyl (C=O) groups excluding carboxylic acids is 1. The Balaban J connectivity index is 2.43. The summed E-state index contributed by atoms with van der Waals surface area (Å²) in [6, 6.07) is 4.76. The minimum absolute atomic E-state index is 0.0133. The van der Waals surface area contributed by atoms with Crippen LogP contribution in [0.5, 0.6) is 0 Å². The zero-order valence-electron chi connectivity index (χ0n) is 14.0. The van der Waals surface area contributed by atoms with Crippen molar-refractivity contribution in [3.63, 3.8) is 0 Å². The molecule has 1 atom stereocenters. The topological polar surface area (TPSA) is 104 Å². The molecule has 1 aliphatic heterocycles. The number of sulfonamides is 1. The van der Waals surface area contributed by atoms with Gasteiger partial charge in [0.25, 0.3) is 0 Å². The second-order valence-corrected chi connectivity index (χ2v) is 7.85. The lowest BCUT2D eigenvalue weighted by Crippen LogP contribution is -2.51. The Morgan fingerprint density at radius 3 is 2.58 bits per heavy atom. The van der Waals surface area contributed by atoms with Gasteiger partial charge >= 0.3 is 5.97 Å². The summed E-state index contributed by atoms with van der Waals surface area (Å²) < 4.78 is 27.7. The standard InChI is InChI=1S/C16H22N2O5S/c1-4-16(3,15(20)21)17-24(22,23)13-10-12(8-7-11(13)2)18-9-5-6-14(18)19/h7-8,10,17H,4-6,9H2,1-3H3,(H,20,21)/t16-/m0/s1. The van der Waals surface area contributed by atoms with Crippen molar-refractivity contribution in [2.45, 2.75) is 50.5 Å². The lowest BCUT2D eigenvalue weighted by atomic mass is 10.0. The average Bonchev–Trinajstić information content (AvgIpc) is 2.93. The van der Waals surface area contributed by atoms with Gasteiger partial charge in [-0.05, 0) is 44.4 Å². The molecule has 132 valence electrons. The monoisotopic (exact) mass is 354 g/mol. The van der Waals surface area contributed by atoms with E-state index in [1.807, 2.05) is 0 Å². The molecule has 0 bridgehead atoms. The third kappa shape index (κ3) is 3.44. The van der Waals surface area contributed by atoms with Crippen molar-refractivity contribution in [3.05, 3.63) is 23.8 Å². The molecule has 8 heteroatoms. The van der Waals surface area contributed by atoms with E-state index in [0.29, 0.717) is 24.2 Å². The SMILES string of the molecule is CC[C@](C)(NS(=O)(=O)c1cc(N2CCCC2=O)ccc1C)C(=O)O. The molecule has 0 saturated carbocycles. The van der Waals surface area contributed by atoms with Crippen molar-refractivity contribution in [2.75, 3.05) is 11.4 Å². The lowest BCUT2D eigenvalue weighted by molar-refractivity contribution is -0.143. The molecular weight excluding hydrogens is 332 g/mol. The van der Waals surface area contributed by atoms with Crippen LogP contribution in [-0.2, 0) is 19.6 Å². The van der Waals surface area contributed by atoms with Crippen molar-refractivity contribution in [1.29, 1.82) is 0 Å². The fourth-order valence-electron chi connectivity index (χ4n) is 2.59. The number of carbonyl (C=O) groups is 2. The van der Waals surface area contributed by atoms with Crippen LogP contribution in [-0.4, -0.2) is 37.5 Å². The molecule has 1 aromatic rings. The number of hydrogen-bond donors (Lipinski definition) is 2. The van der Waals surface area contributed by atoms with E-state index in [1.54, 1.807) is 30.9 Å². The molecule has 1 aliphatic rings. The Labute approximate surface area is 141 Å². The number of hydrogen-bond acceptors (Lipinski definition) is 4. The number of nitrogens with zero attached hydrogens (tertiary/aromatic N) is 1. The summed E-state index contributed by atoms with van der Waals surface area (Å²) in [4.78, 5) is 24.8. The lowest BCUT2D eigenvalue weighted by Gasteiger charge is -2.25. The molecule has 0 aromatic heterocycles. The van der Waals surface area contributed by atoms with E-state index in [9.17, 15) is 23.1 Å². The number of nitrogens with one attached hydrogen (secondary N) is 1. The third-order valence-corrected chi connectivity index (χ3v) is 6.12. The molecule has 2 rings (SSSR count). The summed E-state index contributed by atoms with van der Waals surface area (Å²) in [5.41, 5.74) is -0.594. The Morgan fingerprint density at radius 1 is 1.42 bits per heavy atom. The molecule has 0 radical (unpaired) electrons. The molecule has 7 nitrogen and oxygen atoms in total. The van der Waals surface area contributed by atoms with Crippen molar-refractivity contribution in [2.24, 2.45) is 0 Å². The van der Waals surface area contributed by atoms with Crippen LogP contribution >= 0.6 is 0 Å². The van der Waals surface area contributed by atoms with Crippen molar-refractivity contribution in [3.8, 4) is 0 Å². The second-order valence-electron chi connectivity index (χ2n) is 6.20. The van der Waals surface area contributed by atoms with Gasteiger partial charge in [0.15, 0.2) is 0 Å². The van der Waals surface area contributed by atoms with Crippen LogP contribution in [0.1, 0.15) is 38.7 Å². The zero-order valence-corrected chi connectivity index (χ0v) is 14.8. The molecule has 2 N–H and O–H groups in total. The number of aliphatic carboxylic acids is 1. The summed E-state index contributed by atoms with van der Waals surface area (Å²) in [6.07, 6.45) is 1.28. The maximum absolute atomic E-state index is 12.7. The van der Waals surface area contributed by atoms with Crippen molar-refractivity contribution >= 4 is 27.6 Å². The minimum Gasteiger partial charge on any atom is -0.480 e. The Kier molecular flexibility index (Phi) is 5.00. The summed E-state index contributed by atoms with van der Waals surface area (Å²) in [5.74, 6) is -1.28. The third-order valence-electron chi connectivity index (χ3n) is 4.39.